The number of allylic oxidation sites excluding steroid dienone is 1. The van der Waals surface area contributed by atoms with Crippen molar-refractivity contribution in [2.45, 2.75) is 50.9 Å². The molecule has 1 saturated carbocycles. The Morgan fingerprint density at radius 1 is 1.21 bits per heavy atom. The summed E-state index contributed by atoms with van der Waals surface area (Å²) < 4.78 is 5.40. The number of phenolic OH excluding ortho intramolecular Hbond substituents is 1. The number of amides is 1. The van der Waals surface area contributed by atoms with Gasteiger partial charge in [0.2, 0.25) is 0 Å². The van der Waals surface area contributed by atoms with Crippen LogP contribution in [-0.2, 0) is 15.1 Å². The minimum absolute atomic E-state index is 0.114. The molecule has 0 aromatic heterocycles. The van der Waals surface area contributed by atoms with Crippen LogP contribution in [0.5, 0.6) is 5.75 Å². The van der Waals surface area contributed by atoms with Crippen LogP contribution < -0.4 is 5.32 Å². The Bertz CT molecular complexity index is 1080. The zero-order valence-corrected chi connectivity index (χ0v) is 19.8. The van der Waals surface area contributed by atoms with Crippen molar-refractivity contribution >= 4 is 29.3 Å². The first kappa shape index (κ1) is 23.8. The van der Waals surface area contributed by atoms with Gasteiger partial charge in [-0.1, -0.05) is 49.7 Å². The number of ether oxygens (including phenoxy) is 1. The topological polar surface area (TPSA) is 99.0 Å². The molecule has 176 valence electrons. The molecule has 1 heterocycles. The molecule has 4 N–H and O–H groups in total. The van der Waals surface area contributed by atoms with Gasteiger partial charge in [0.05, 0.1) is 17.4 Å². The SMILES string of the molecule is CO[C@@H]1C(=O)Nc2ccc(/C=C/[C@]3(C)CC[C@H](O)[C@@H](C)C3)c(O)c2[C@@]1(O)c1ccc(Cl)cc1. The standard InChI is InChI=1S/C26H30ClNO5/c1-15-14-25(2,13-11-20(15)29)12-10-16-4-9-19-21(22(16)30)26(32,23(33-3)24(31)28-19)17-5-7-18(27)8-6-17/h4-10,12,15,20,23,29-30,32H,11,13-14H2,1-3H3,(H,28,31)/b12-10+/t15-,20-,23+,25+,26-/m0/s1. The van der Waals surface area contributed by atoms with Crippen molar-refractivity contribution in [2.75, 3.05) is 12.4 Å². The summed E-state index contributed by atoms with van der Waals surface area (Å²) in [5.74, 6) is -0.443. The van der Waals surface area contributed by atoms with Crippen LogP contribution in [0.2, 0.25) is 5.02 Å². The number of methoxy groups -OCH3 is 1. The van der Waals surface area contributed by atoms with Crippen molar-refractivity contribution < 1.29 is 24.9 Å². The molecule has 1 aliphatic carbocycles. The maximum atomic E-state index is 12.7. The molecule has 1 aliphatic heterocycles. The van der Waals surface area contributed by atoms with Crippen molar-refractivity contribution in [3.63, 3.8) is 0 Å². The number of hydrogen-bond donors (Lipinski definition) is 4. The number of hydrogen-bond acceptors (Lipinski definition) is 5. The molecular weight excluding hydrogens is 442 g/mol. The number of fused-ring (bicyclic) bond motifs is 1. The lowest BCUT2D eigenvalue weighted by Gasteiger charge is -2.40. The van der Waals surface area contributed by atoms with Crippen molar-refractivity contribution in [2.24, 2.45) is 11.3 Å². The first-order valence-electron chi connectivity index (χ1n) is 11.1. The molecule has 0 bridgehead atoms. The van der Waals surface area contributed by atoms with E-state index in [0.29, 0.717) is 21.8 Å². The van der Waals surface area contributed by atoms with Gasteiger partial charge in [0.25, 0.3) is 5.91 Å². The number of phenols is 1. The summed E-state index contributed by atoms with van der Waals surface area (Å²) in [6.45, 7) is 4.19. The highest BCUT2D eigenvalue weighted by molar-refractivity contribution is 6.30. The monoisotopic (exact) mass is 471 g/mol. The van der Waals surface area contributed by atoms with E-state index in [1.165, 1.54) is 7.11 Å². The Balaban J connectivity index is 1.80. The van der Waals surface area contributed by atoms with Gasteiger partial charge in [-0.05, 0) is 60.4 Å². The summed E-state index contributed by atoms with van der Waals surface area (Å²) in [5, 5.41) is 36.5. The molecule has 1 amide bonds. The first-order valence-corrected chi connectivity index (χ1v) is 11.5. The van der Waals surface area contributed by atoms with Crippen LogP contribution in [0.4, 0.5) is 5.69 Å². The number of rotatable bonds is 4. The van der Waals surface area contributed by atoms with Crippen LogP contribution in [-0.4, -0.2) is 40.5 Å². The average Bonchev–Trinajstić information content (AvgIpc) is 2.76. The summed E-state index contributed by atoms with van der Waals surface area (Å²) in [6, 6.07) is 9.87. The third-order valence-electron chi connectivity index (χ3n) is 7.11. The maximum Gasteiger partial charge on any atom is 0.257 e. The van der Waals surface area contributed by atoms with E-state index in [0.717, 1.165) is 19.3 Å². The molecular formula is C26H30ClNO5. The second-order valence-corrected chi connectivity index (χ2v) is 10.0. The predicted molar refractivity (Wildman–Crippen MR) is 128 cm³/mol. The van der Waals surface area contributed by atoms with Gasteiger partial charge in [-0.3, -0.25) is 4.79 Å². The van der Waals surface area contributed by atoms with E-state index < -0.39 is 17.6 Å². The highest BCUT2D eigenvalue weighted by Crippen LogP contribution is 2.48. The smallest absolute Gasteiger partial charge is 0.257 e. The fraction of sp³-hybridized carbons (Fsp3) is 0.423. The molecule has 0 saturated heterocycles. The lowest BCUT2D eigenvalue weighted by atomic mass is 9.70. The van der Waals surface area contributed by atoms with Crippen LogP contribution in [0.15, 0.2) is 42.5 Å². The molecule has 0 radical (unpaired) electrons. The molecule has 33 heavy (non-hydrogen) atoms. The van der Waals surface area contributed by atoms with Gasteiger partial charge in [-0.25, -0.2) is 0 Å². The minimum atomic E-state index is -1.92. The summed E-state index contributed by atoms with van der Waals surface area (Å²) in [4.78, 5) is 12.7. The Morgan fingerprint density at radius 3 is 2.55 bits per heavy atom. The molecule has 1 fully saturated rings. The van der Waals surface area contributed by atoms with Gasteiger partial charge in [0.1, 0.15) is 5.75 Å². The number of benzene rings is 2. The zero-order chi connectivity index (χ0) is 24.0. The molecule has 0 spiro atoms. The van der Waals surface area contributed by atoms with Gasteiger partial charge in [-0.2, -0.15) is 0 Å². The Morgan fingerprint density at radius 2 is 1.91 bits per heavy atom. The van der Waals surface area contributed by atoms with Crippen LogP contribution in [0.3, 0.4) is 0 Å². The molecule has 6 nitrogen and oxygen atoms in total. The van der Waals surface area contributed by atoms with E-state index in [2.05, 4.69) is 18.3 Å². The molecule has 7 heteroatoms. The van der Waals surface area contributed by atoms with E-state index in [9.17, 15) is 20.1 Å². The Labute approximate surface area is 198 Å². The van der Waals surface area contributed by atoms with Gasteiger partial charge in [0.15, 0.2) is 11.7 Å². The first-order chi connectivity index (χ1) is 15.6. The normalized spacial score (nSPS) is 31.9. The number of aliphatic hydroxyl groups excluding tert-OH is 1. The molecule has 4 rings (SSSR count). The number of aliphatic hydroxyl groups is 2. The van der Waals surface area contributed by atoms with Gasteiger partial charge < -0.3 is 25.4 Å². The fourth-order valence-corrected chi connectivity index (χ4v) is 5.33. The number of aromatic hydroxyl groups is 1. The van der Waals surface area contributed by atoms with E-state index in [4.69, 9.17) is 16.3 Å². The van der Waals surface area contributed by atoms with Gasteiger partial charge >= 0.3 is 0 Å². The third-order valence-corrected chi connectivity index (χ3v) is 7.36. The minimum Gasteiger partial charge on any atom is -0.507 e. The number of halogens is 1. The molecule has 2 aliphatic rings. The van der Waals surface area contributed by atoms with Crippen LogP contribution in [0.25, 0.3) is 6.08 Å². The molecule has 2 aromatic carbocycles. The lowest BCUT2D eigenvalue weighted by molar-refractivity contribution is -0.142. The van der Waals surface area contributed by atoms with Crippen molar-refractivity contribution in [1.29, 1.82) is 0 Å². The lowest BCUT2D eigenvalue weighted by Crippen LogP contribution is -2.52. The number of carbonyl (C=O) groups is 1. The number of nitrogens with one attached hydrogen (secondary N) is 1. The van der Waals surface area contributed by atoms with E-state index >= 15 is 0 Å². The highest BCUT2D eigenvalue weighted by atomic mass is 35.5. The summed E-state index contributed by atoms with van der Waals surface area (Å²) >= 11 is 6.03. The van der Waals surface area contributed by atoms with Crippen LogP contribution >= 0.6 is 11.6 Å². The zero-order valence-electron chi connectivity index (χ0n) is 19.0. The maximum absolute atomic E-state index is 12.7. The van der Waals surface area contributed by atoms with Crippen LogP contribution in [0.1, 0.15) is 49.8 Å². The van der Waals surface area contributed by atoms with E-state index in [1.807, 2.05) is 13.0 Å². The number of carbonyl (C=O) groups excluding carboxylic acids is 1. The van der Waals surface area contributed by atoms with E-state index in [-0.39, 0.29) is 28.7 Å². The second-order valence-electron chi connectivity index (χ2n) is 9.58. The van der Waals surface area contributed by atoms with E-state index in [1.54, 1.807) is 36.4 Å². The van der Waals surface area contributed by atoms with Crippen molar-refractivity contribution in [3.8, 4) is 5.75 Å². The average molecular weight is 472 g/mol. The summed E-state index contributed by atoms with van der Waals surface area (Å²) in [6.07, 6.45) is 4.77. The Kier molecular flexibility index (Phi) is 6.31. The molecule has 2 aromatic rings. The highest BCUT2D eigenvalue weighted by Gasteiger charge is 2.51. The molecule has 0 unspecified atom stereocenters. The van der Waals surface area contributed by atoms with Gasteiger partial charge in [0, 0.05) is 17.7 Å². The summed E-state index contributed by atoms with van der Waals surface area (Å²) in [5.41, 5.74) is -0.632. The molecule has 5 atom stereocenters. The fourth-order valence-electron chi connectivity index (χ4n) is 5.21. The third kappa shape index (κ3) is 4.17. The summed E-state index contributed by atoms with van der Waals surface area (Å²) in [7, 11) is 1.34. The number of anilines is 1. The Hall–Kier alpha value is -2.38. The predicted octanol–water partition coefficient (Wildman–Crippen LogP) is 4.45. The van der Waals surface area contributed by atoms with Gasteiger partial charge in [-0.15, -0.1) is 0 Å². The van der Waals surface area contributed by atoms with Crippen molar-refractivity contribution in [1.82, 2.24) is 0 Å². The quantitative estimate of drug-likeness (QED) is 0.528. The van der Waals surface area contributed by atoms with Crippen molar-refractivity contribution in [3.05, 3.63) is 64.2 Å². The van der Waals surface area contributed by atoms with Crippen LogP contribution in [0, 0.1) is 11.3 Å². The second kappa shape index (κ2) is 8.76. The largest absolute Gasteiger partial charge is 0.507 e.